The van der Waals surface area contributed by atoms with Crippen molar-refractivity contribution < 1.29 is 0 Å². The van der Waals surface area contributed by atoms with Gasteiger partial charge < -0.3 is 5.32 Å². The van der Waals surface area contributed by atoms with E-state index in [1.54, 1.807) is 11.3 Å². The standard InChI is InChI=1S/C13H23N3S/c1-11(13-9-17-10-15-13)16-7-4-12(5-8-16)3-6-14-2/h9-12,14H,3-8H2,1-2H3. The van der Waals surface area contributed by atoms with Crippen molar-refractivity contribution in [3.63, 3.8) is 0 Å². The van der Waals surface area contributed by atoms with Gasteiger partial charge >= 0.3 is 0 Å². The normalized spacial score (nSPS) is 20.6. The molecule has 0 amide bonds. The van der Waals surface area contributed by atoms with Crippen molar-refractivity contribution >= 4 is 11.3 Å². The van der Waals surface area contributed by atoms with Crippen LogP contribution in [0.25, 0.3) is 0 Å². The minimum Gasteiger partial charge on any atom is -0.320 e. The summed E-state index contributed by atoms with van der Waals surface area (Å²) < 4.78 is 0. The molecule has 1 aliphatic rings. The van der Waals surface area contributed by atoms with Crippen LogP contribution in [0.3, 0.4) is 0 Å². The molecule has 0 spiro atoms. The molecule has 3 nitrogen and oxygen atoms in total. The van der Waals surface area contributed by atoms with E-state index in [1.807, 2.05) is 12.6 Å². The van der Waals surface area contributed by atoms with Gasteiger partial charge in [0.05, 0.1) is 17.2 Å². The molecular formula is C13H23N3S. The number of nitrogens with zero attached hydrogens (tertiary/aromatic N) is 2. The minimum absolute atomic E-state index is 0.492. The summed E-state index contributed by atoms with van der Waals surface area (Å²) >= 11 is 1.70. The van der Waals surface area contributed by atoms with Crippen LogP contribution >= 0.6 is 11.3 Å². The van der Waals surface area contributed by atoms with Gasteiger partial charge in [0.15, 0.2) is 0 Å². The maximum Gasteiger partial charge on any atom is 0.0795 e. The molecule has 17 heavy (non-hydrogen) atoms. The third-order valence-corrected chi connectivity index (χ3v) is 4.48. The van der Waals surface area contributed by atoms with Crippen molar-refractivity contribution in [1.82, 2.24) is 15.2 Å². The van der Waals surface area contributed by atoms with Crippen LogP contribution in [0.1, 0.15) is 37.9 Å². The van der Waals surface area contributed by atoms with E-state index in [0.717, 1.165) is 12.5 Å². The molecule has 1 atom stereocenters. The van der Waals surface area contributed by atoms with Crippen molar-refractivity contribution in [2.75, 3.05) is 26.7 Å². The van der Waals surface area contributed by atoms with Gasteiger partial charge in [0.2, 0.25) is 0 Å². The lowest BCUT2D eigenvalue weighted by Gasteiger charge is -2.35. The van der Waals surface area contributed by atoms with Crippen LogP contribution in [-0.4, -0.2) is 36.6 Å². The van der Waals surface area contributed by atoms with Gasteiger partial charge in [-0.05, 0) is 58.8 Å². The summed E-state index contributed by atoms with van der Waals surface area (Å²) in [5.41, 5.74) is 3.18. The van der Waals surface area contributed by atoms with Crippen molar-refractivity contribution in [2.24, 2.45) is 5.92 Å². The number of piperidine rings is 1. The third kappa shape index (κ3) is 3.50. The Hall–Kier alpha value is -0.450. The summed E-state index contributed by atoms with van der Waals surface area (Å²) in [7, 11) is 2.04. The smallest absolute Gasteiger partial charge is 0.0795 e. The molecule has 1 aromatic heterocycles. The average Bonchev–Trinajstić information content (AvgIpc) is 2.90. The zero-order valence-electron chi connectivity index (χ0n) is 10.9. The lowest BCUT2D eigenvalue weighted by atomic mass is 9.92. The summed E-state index contributed by atoms with van der Waals surface area (Å²) in [4.78, 5) is 7.00. The van der Waals surface area contributed by atoms with E-state index in [0.29, 0.717) is 6.04 Å². The van der Waals surface area contributed by atoms with Gasteiger partial charge in [0.25, 0.3) is 0 Å². The highest BCUT2D eigenvalue weighted by atomic mass is 32.1. The molecule has 0 bridgehead atoms. The largest absolute Gasteiger partial charge is 0.320 e. The van der Waals surface area contributed by atoms with Gasteiger partial charge in [0, 0.05) is 5.38 Å². The number of thiazole rings is 1. The second-order valence-electron chi connectivity index (χ2n) is 4.96. The maximum absolute atomic E-state index is 4.43. The van der Waals surface area contributed by atoms with Crippen LogP contribution in [-0.2, 0) is 0 Å². The van der Waals surface area contributed by atoms with Crippen LogP contribution in [0.2, 0.25) is 0 Å². The minimum atomic E-state index is 0.492. The van der Waals surface area contributed by atoms with Crippen molar-refractivity contribution in [3.8, 4) is 0 Å². The quantitative estimate of drug-likeness (QED) is 0.874. The molecule has 0 aliphatic carbocycles. The number of likely N-dealkylation sites (tertiary alicyclic amines) is 1. The first-order valence-electron chi connectivity index (χ1n) is 6.58. The Bertz CT molecular complexity index is 304. The number of aromatic nitrogens is 1. The topological polar surface area (TPSA) is 28.2 Å². The SMILES string of the molecule is CNCCC1CCN(C(C)c2cscn2)CC1. The molecule has 96 valence electrons. The second kappa shape index (κ2) is 6.47. The van der Waals surface area contributed by atoms with Gasteiger partial charge in [0.1, 0.15) is 0 Å². The van der Waals surface area contributed by atoms with Gasteiger partial charge in [-0.2, -0.15) is 0 Å². The first-order valence-corrected chi connectivity index (χ1v) is 7.52. The van der Waals surface area contributed by atoms with Crippen LogP contribution in [0.5, 0.6) is 0 Å². The first-order chi connectivity index (χ1) is 8.31. The summed E-state index contributed by atoms with van der Waals surface area (Å²) in [6, 6.07) is 0.492. The van der Waals surface area contributed by atoms with Gasteiger partial charge in [-0.15, -0.1) is 11.3 Å². The Morgan fingerprint density at radius 3 is 2.88 bits per heavy atom. The number of nitrogens with one attached hydrogen (secondary N) is 1. The highest BCUT2D eigenvalue weighted by molar-refractivity contribution is 7.07. The van der Waals surface area contributed by atoms with Crippen LogP contribution in [0, 0.1) is 5.92 Å². The van der Waals surface area contributed by atoms with Crippen molar-refractivity contribution in [1.29, 1.82) is 0 Å². The highest BCUT2D eigenvalue weighted by Gasteiger charge is 2.23. The molecule has 0 aromatic carbocycles. The molecule has 1 aromatic rings. The van der Waals surface area contributed by atoms with E-state index in [1.165, 1.54) is 38.0 Å². The summed E-state index contributed by atoms with van der Waals surface area (Å²) in [6.07, 6.45) is 4.02. The van der Waals surface area contributed by atoms with Crippen LogP contribution in [0.4, 0.5) is 0 Å². The molecule has 2 rings (SSSR count). The fourth-order valence-corrected chi connectivity index (χ4v) is 3.23. The Kier molecular flexibility index (Phi) is 4.95. The highest BCUT2D eigenvalue weighted by Crippen LogP contribution is 2.27. The van der Waals surface area contributed by atoms with E-state index in [-0.39, 0.29) is 0 Å². The van der Waals surface area contributed by atoms with Crippen molar-refractivity contribution in [2.45, 2.75) is 32.2 Å². The average molecular weight is 253 g/mol. The molecule has 0 radical (unpaired) electrons. The molecule has 1 unspecified atom stereocenters. The fraction of sp³-hybridized carbons (Fsp3) is 0.769. The number of hydrogen-bond acceptors (Lipinski definition) is 4. The number of rotatable bonds is 5. The lowest BCUT2D eigenvalue weighted by Crippen LogP contribution is -2.36. The summed E-state index contributed by atoms with van der Waals surface area (Å²) in [5, 5.41) is 5.43. The molecule has 0 saturated carbocycles. The zero-order chi connectivity index (χ0) is 12.1. The molecule has 1 aliphatic heterocycles. The van der Waals surface area contributed by atoms with Crippen LogP contribution < -0.4 is 5.32 Å². The fourth-order valence-electron chi connectivity index (χ4n) is 2.59. The second-order valence-corrected chi connectivity index (χ2v) is 5.68. The summed E-state index contributed by atoms with van der Waals surface area (Å²) in [5.74, 6) is 0.918. The van der Waals surface area contributed by atoms with E-state index in [9.17, 15) is 0 Å². The van der Waals surface area contributed by atoms with E-state index >= 15 is 0 Å². The maximum atomic E-state index is 4.43. The first kappa shape index (κ1) is 13.0. The zero-order valence-corrected chi connectivity index (χ0v) is 11.7. The van der Waals surface area contributed by atoms with E-state index in [2.05, 4.69) is 27.5 Å². The Morgan fingerprint density at radius 1 is 1.53 bits per heavy atom. The molecule has 1 N–H and O–H groups in total. The predicted molar refractivity (Wildman–Crippen MR) is 73.4 cm³/mol. The Morgan fingerprint density at radius 2 is 2.29 bits per heavy atom. The van der Waals surface area contributed by atoms with Gasteiger partial charge in [-0.25, -0.2) is 4.98 Å². The molecule has 1 saturated heterocycles. The molecule has 2 heterocycles. The van der Waals surface area contributed by atoms with Crippen molar-refractivity contribution in [3.05, 3.63) is 16.6 Å². The van der Waals surface area contributed by atoms with Gasteiger partial charge in [-0.1, -0.05) is 0 Å². The van der Waals surface area contributed by atoms with E-state index < -0.39 is 0 Å². The molecular weight excluding hydrogens is 230 g/mol. The lowest BCUT2D eigenvalue weighted by molar-refractivity contribution is 0.136. The molecule has 4 heteroatoms. The summed E-state index contributed by atoms with van der Waals surface area (Å²) in [6.45, 7) is 5.90. The molecule has 1 fully saturated rings. The Labute approximate surface area is 108 Å². The van der Waals surface area contributed by atoms with Gasteiger partial charge in [-0.3, -0.25) is 4.90 Å². The van der Waals surface area contributed by atoms with Crippen LogP contribution in [0.15, 0.2) is 10.9 Å². The third-order valence-electron chi connectivity index (χ3n) is 3.88. The monoisotopic (exact) mass is 253 g/mol. The Balaban J connectivity index is 1.79. The van der Waals surface area contributed by atoms with E-state index in [4.69, 9.17) is 0 Å². The predicted octanol–water partition coefficient (Wildman–Crippen LogP) is 2.53. The number of hydrogen-bond donors (Lipinski definition) is 1.